The predicted octanol–water partition coefficient (Wildman–Crippen LogP) is 4.97. The number of benzene rings is 1. The van der Waals surface area contributed by atoms with Gasteiger partial charge in [-0.1, -0.05) is 42.6 Å². The molecule has 1 aromatic carbocycles. The second-order valence-corrected chi connectivity index (χ2v) is 7.80. The van der Waals surface area contributed by atoms with E-state index in [0.29, 0.717) is 18.3 Å². The van der Waals surface area contributed by atoms with E-state index in [4.69, 9.17) is 4.74 Å². The van der Waals surface area contributed by atoms with Gasteiger partial charge < -0.3 is 9.84 Å². The molecule has 1 saturated carbocycles. The highest BCUT2D eigenvalue weighted by Crippen LogP contribution is 2.39. The molecule has 0 aliphatic heterocycles. The first-order valence-electron chi connectivity index (χ1n) is 7.96. The summed E-state index contributed by atoms with van der Waals surface area (Å²) in [7, 11) is 1.68. The van der Waals surface area contributed by atoms with Gasteiger partial charge in [0.1, 0.15) is 5.75 Å². The first kappa shape index (κ1) is 16.8. The van der Waals surface area contributed by atoms with Gasteiger partial charge in [0.2, 0.25) is 0 Å². The van der Waals surface area contributed by atoms with Crippen LogP contribution in [-0.4, -0.2) is 17.8 Å². The summed E-state index contributed by atoms with van der Waals surface area (Å²) in [6.45, 7) is 4.54. The Morgan fingerprint density at radius 2 is 2.19 bits per heavy atom. The maximum Gasteiger partial charge on any atom is 0.119 e. The Morgan fingerprint density at radius 1 is 1.43 bits per heavy atom. The van der Waals surface area contributed by atoms with Crippen molar-refractivity contribution in [2.75, 3.05) is 7.11 Å². The fraction of sp³-hybridized carbons (Fsp3) is 0.667. The molecule has 1 fully saturated rings. The van der Waals surface area contributed by atoms with Gasteiger partial charge in [-0.25, -0.2) is 0 Å². The molecule has 1 aliphatic carbocycles. The molecule has 2 unspecified atom stereocenters. The summed E-state index contributed by atoms with van der Waals surface area (Å²) in [4.78, 5) is 0. The van der Waals surface area contributed by atoms with Gasteiger partial charge in [0, 0.05) is 10.9 Å². The van der Waals surface area contributed by atoms with Crippen molar-refractivity contribution in [1.82, 2.24) is 0 Å². The summed E-state index contributed by atoms with van der Waals surface area (Å²) in [5.74, 6) is 2.22. The third kappa shape index (κ3) is 4.72. The van der Waals surface area contributed by atoms with Crippen LogP contribution in [-0.2, 0) is 6.42 Å². The van der Waals surface area contributed by atoms with Gasteiger partial charge in [-0.2, -0.15) is 0 Å². The van der Waals surface area contributed by atoms with Crippen molar-refractivity contribution < 1.29 is 9.84 Å². The Hall–Kier alpha value is -0.540. The monoisotopic (exact) mass is 354 g/mol. The number of aliphatic hydroxyl groups is 1. The molecule has 3 heteroatoms. The van der Waals surface area contributed by atoms with Crippen LogP contribution in [0.15, 0.2) is 22.7 Å². The van der Waals surface area contributed by atoms with Gasteiger partial charge in [0.05, 0.1) is 12.7 Å². The Balaban J connectivity index is 2.09. The minimum absolute atomic E-state index is 0.563. The topological polar surface area (TPSA) is 29.5 Å². The van der Waals surface area contributed by atoms with Gasteiger partial charge in [0.15, 0.2) is 0 Å². The van der Waals surface area contributed by atoms with E-state index in [0.717, 1.165) is 35.0 Å². The summed E-state index contributed by atoms with van der Waals surface area (Å²) in [6, 6.07) is 5.99. The number of hydrogen-bond acceptors (Lipinski definition) is 2. The Kier molecular flexibility index (Phi) is 5.73. The smallest absolute Gasteiger partial charge is 0.119 e. The van der Waals surface area contributed by atoms with Crippen LogP contribution in [0.5, 0.6) is 5.75 Å². The van der Waals surface area contributed by atoms with Crippen molar-refractivity contribution in [3.8, 4) is 5.75 Å². The van der Waals surface area contributed by atoms with E-state index in [1.54, 1.807) is 7.11 Å². The van der Waals surface area contributed by atoms with Crippen molar-refractivity contribution >= 4 is 15.9 Å². The molecular formula is C18H27BrO2. The minimum Gasteiger partial charge on any atom is -0.497 e. The zero-order valence-electron chi connectivity index (χ0n) is 13.4. The molecule has 2 atom stereocenters. The number of rotatable bonds is 5. The van der Waals surface area contributed by atoms with Crippen LogP contribution in [0.2, 0.25) is 0 Å². The molecule has 1 aliphatic rings. The minimum atomic E-state index is -0.563. The van der Waals surface area contributed by atoms with E-state index in [9.17, 15) is 5.11 Å². The average Bonchev–Trinajstić information content (AvgIpc) is 2.40. The lowest BCUT2D eigenvalue weighted by Gasteiger charge is -2.38. The Morgan fingerprint density at radius 3 is 2.86 bits per heavy atom. The van der Waals surface area contributed by atoms with Gasteiger partial charge in [0.25, 0.3) is 0 Å². The van der Waals surface area contributed by atoms with Crippen molar-refractivity contribution in [1.29, 1.82) is 0 Å². The Bertz CT molecular complexity index is 472. The van der Waals surface area contributed by atoms with E-state index in [2.05, 4.69) is 29.8 Å². The maximum atomic E-state index is 11.0. The summed E-state index contributed by atoms with van der Waals surface area (Å²) in [5.41, 5.74) is 0.578. The summed E-state index contributed by atoms with van der Waals surface area (Å²) in [5, 5.41) is 11.0. The quantitative estimate of drug-likeness (QED) is 0.808. The normalized spacial score (nSPS) is 26.1. The van der Waals surface area contributed by atoms with Gasteiger partial charge in [-0.15, -0.1) is 0 Å². The van der Waals surface area contributed by atoms with Crippen LogP contribution >= 0.6 is 15.9 Å². The summed E-state index contributed by atoms with van der Waals surface area (Å²) >= 11 is 3.60. The lowest BCUT2D eigenvalue weighted by Crippen LogP contribution is -2.37. The van der Waals surface area contributed by atoms with E-state index in [1.165, 1.54) is 12.8 Å². The van der Waals surface area contributed by atoms with Crippen LogP contribution < -0.4 is 4.74 Å². The Labute approximate surface area is 137 Å². The van der Waals surface area contributed by atoms with Gasteiger partial charge >= 0.3 is 0 Å². The fourth-order valence-corrected chi connectivity index (χ4v) is 4.04. The largest absolute Gasteiger partial charge is 0.497 e. The lowest BCUT2D eigenvalue weighted by atomic mass is 9.73. The van der Waals surface area contributed by atoms with Gasteiger partial charge in [-0.3, -0.25) is 0 Å². The molecule has 0 spiro atoms. The lowest BCUT2D eigenvalue weighted by molar-refractivity contribution is -0.0190. The summed E-state index contributed by atoms with van der Waals surface area (Å²) < 4.78 is 6.36. The molecule has 0 heterocycles. The highest BCUT2D eigenvalue weighted by Gasteiger charge is 2.35. The van der Waals surface area contributed by atoms with E-state index < -0.39 is 5.60 Å². The molecule has 21 heavy (non-hydrogen) atoms. The first-order valence-corrected chi connectivity index (χ1v) is 8.76. The third-order valence-electron chi connectivity index (χ3n) is 4.50. The van der Waals surface area contributed by atoms with Crippen LogP contribution in [0.25, 0.3) is 0 Å². The second kappa shape index (κ2) is 7.15. The standard InChI is InChI=1S/C18H27BrO2/c1-13(2)9-14-5-4-8-18(20,11-14)12-15-10-16(21-3)6-7-17(15)19/h6-7,10,13-14,20H,4-5,8-9,11-12H2,1-3H3. The number of ether oxygens (including phenoxy) is 1. The van der Waals surface area contributed by atoms with E-state index >= 15 is 0 Å². The van der Waals surface area contributed by atoms with Crippen molar-refractivity contribution in [2.24, 2.45) is 11.8 Å². The van der Waals surface area contributed by atoms with Crippen molar-refractivity contribution in [3.05, 3.63) is 28.2 Å². The zero-order chi connectivity index (χ0) is 15.5. The van der Waals surface area contributed by atoms with Crippen LogP contribution in [0.3, 0.4) is 0 Å². The first-order chi connectivity index (χ1) is 9.92. The molecule has 0 bridgehead atoms. The van der Waals surface area contributed by atoms with Crippen LogP contribution in [0.1, 0.15) is 51.5 Å². The summed E-state index contributed by atoms with van der Waals surface area (Å²) in [6.07, 6.45) is 6.16. The molecule has 0 amide bonds. The van der Waals surface area contributed by atoms with Crippen molar-refractivity contribution in [2.45, 2.75) is 58.0 Å². The number of hydrogen-bond donors (Lipinski definition) is 1. The average molecular weight is 355 g/mol. The number of halogens is 1. The molecule has 0 saturated heterocycles. The van der Waals surface area contributed by atoms with Gasteiger partial charge in [-0.05, 0) is 54.9 Å². The molecular weight excluding hydrogens is 328 g/mol. The predicted molar refractivity (Wildman–Crippen MR) is 90.8 cm³/mol. The molecule has 1 aromatic rings. The van der Waals surface area contributed by atoms with Crippen molar-refractivity contribution in [3.63, 3.8) is 0 Å². The number of methoxy groups -OCH3 is 1. The molecule has 118 valence electrons. The molecule has 2 rings (SSSR count). The van der Waals surface area contributed by atoms with Crippen LogP contribution in [0.4, 0.5) is 0 Å². The van der Waals surface area contributed by atoms with E-state index in [-0.39, 0.29) is 0 Å². The maximum absolute atomic E-state index is 11.0. The zero-order valence-corrected chi connectivity index (χ0v) is 14.9. The molecule has 1 N–H and O–H groups in total. The SMILES string of the molecule is COc1ccc(Br)c(CC2(O)CCCC(CC(C)C)C2)c1. The third-order valence-corrected chi connectivity index (χ3v) is 5.27. The molecule has 0 aromatic heterocycles. The van der Waals surface area contributed by atoms with Crippen LogP contribution in [0, 0.1) is 11.8 Å². The molecule has 0 radical (unpaired) electrons. The second-order valence-electron chi connectivity index (χ2n) is 6.95. The fourth-order valence-electron chi connectivity index (χ4n) is 3.66. The highest BCUT2D eigenvalue weighted by atomic mass is 79.9. The molecule has 2 nitrogen and oxygen atoms in total. The van der Waals surface area contributed by atoms with E-state index in [1.807, 2.05) is 18.2 Å². The highest BCUT2D eigenvalue weighted by molar-refractivity contribution is 9.10.